The average molecular weight is 182 g/mol. The van der Waals surface area contributed by atoms with Crippen molar-refractivity contribution in [2.45, 2.75) is 33.1 Å². The third-order valence-corrected chi connectivity index (χ3v) is 1.87. The SMILES string of the molecule is Cc1coc(C(C)(C)C)c1C(=O)O. The predicted octanol–water partition coefficient (Wildman–Crippen LogP) is 2.58. The normalized spacial score (nSPS) is 11.7. The number of aromatic carboxylic acids is 1. The van der Waals surface area contributed by atoms with Gasteiger partial charge in [0.25, 0.3) is 0 Å². The van der Waals surface area contributed by atoms with E-state index < -0.39 is 5.97 Å². The zero-order chi connectivity index (χ0) is 10.2. The molecule has 0 radical (unpaired) electrons. The lowest BCUT2D eigenvalue weighted by atomic mass is 9.89. The van der Waals surface area contributed by atoms with E-state index in [1.807, 2.05) is 20.8 Å². The minimum Gasteiger partial charge on any atom is -0.478 e. The van der Waals surface area contributed by atoms with E-state index in [-0.39, 0.29) is 5.41 Å². The Hall–Kier alpha value is -1.25. The molecule has 13 heavy (non-hydrogen) atoms. The molecule has 0 aliphatic heterocycles. The van der Waals surface area contributed by atoms with Crippen LogP contribution in [0.1, 0.15) is 42.5 Å². The van der Waals surface area contributed by atoms with Gasteiger partial charge in [0.05, 0.1) is 6.26 Å². The zero-order valence-corrected chi connectivity index (χ0v) is 8.34. The molecule has 1 aromatic rings. The number of hydrogen-bond donors (Lipinski definition) is 1. The van der Waals surface area contributed by atoms with Crippen LogP contribution in [0.2, 0.25) is 0 Å². The lowest BCUT2D eigenvalue weighted by Crippen LogP contribution is -2.15. The summed E-state index contributed by atoms with van der Waals surface area (Å²) in [4.78, 5) is 10.9. The number of hydrogen-bond acceptors (Lipinski definition) is 2. The molecule has 0 aromatic carbocycles. The minimum atomic E-state index is -0.920. The molecule has 1 N–H and O–H groups in total. The van der Waals surface area contributed by atoms with E-state index in [9.17, 15) is 4.79 Å². The summed E-state index contributed by atoms with van der Waals surface area (Å²) in [7, 11) is 0. The second-order valence-corrected chi connectivity index (χ2v) is 4.18. The van der Waals surface area contributed by atoms with Crippen LogP contribution in [-0.4, -0.2) is 11.1 Å². The Labute approximate surface area is 77.4 Å². The smallest absolute Gasteiger partial charge is 0.339 e. The number of carboxylic acids is 1. The highest BCUT2D eigenvalue weighted by Crippen LogP contribution is 2.29. The van der Waals surface area contributed by atoms with Crippen LogP contribution in [0.3, 0.4) is 0 Å². The summed E-state index contributed by atoms with van der Waals surface area (Å²) in [5.74, 6) is -0.381. The highest BCUT2D eigenvalue weighted by Gasteiger charge is 2.27. The average Bonchev–Trinajstić information content (AvgIpc) is 2.28. The molecule has 3 nitrogen and oxygen atoms in total. The van der Waals surface area contributed by atoms with Crippen molar-refractivity contribution in [2.24, 2.45) is 0 Å². The van der Waals surface area contributed by atoms with Crippen LogP contribution in [-0.2, 0) is 5.41 Å². The van der Waals surface area contributed by atoms with Gasteiger partial charge in [-0.05, 0) is 6.92 Å². The predicted molar refractivity (Wildman–Crippen MR) is 49.1 cm³/mol. The van der Waals surface area contributed by atoms with Crippen molar-refractivity contribution in [1.82, 2.24) is 0 Å². The van der Waals surface area contributed by atoms with Gasteiger partial charge in [-0.15, -0.1) is 0 Å². The Morgan fingerprint density at radius 2 is 2.00 bits per heavy atom. The Morgan fingerprint density at radius 1 is 1.46 bits per heavy atom. The fraction of sp³-hybridized carbons (Fsp3) is 0.500. The number of aryl methyl sites for hydroxylation is 1. The third kappa shape index (κ3) is 1.74. The number of carboxylic acid groups (broad SMARTS) is 1. The van der Waals surface area contributed by atoms with Crippen molar-refractivity contribution >= 4 is 5.97 Å². The Kier molecular flexibility index (Phi) is 2.20. The molecule has 0 amide bonds. The molecule has 1 rings (SSSR count). The summed E-state index contributed by atoms with van der Waals surface area (Å²) in [6.07, 6.45) is 1.49. The van der Waals surface area contributed by atoms with Crippen LogP contribution in [0.4, 0.5) is 0 Å². The quantitative estimate of drug-likeness (QED) is 0.726. The fourth-order valence-corrected chi connectivity index (χ4v) is 1.26. The van der Waals surface area contributed by atoms with E-state index in [2.05, 4.69) is 0 Å². The van der Waals surface area contributed by atoms with Crippen molar-refractivity contribution in [3.63, 3.8) is 0 Å². The second-order valence-electron chi connectivity index (χ2n) is 4.18. The first kappa shape index (κ1) is 9.84. The summed E-state index contributed by atoms with van der Waals surface area (Å²) in [5, 5.41) is 8.94. The summed E-state index contributed by atoms with van der Waals surface area (Å²) in [6.45, 7) is 7.52. The van der Waals surface area contributed by atoms with Gasteiger partial charge in [-0.2, -0.15) is 0 Å². The summed E-state index contributed by atoms with van der Waals surface area (Å²) in [5.41, 5.74) is 0.715. The molecule has 0 saturated carbocycles. The number of rotatable bonds is 1. The van der Waals surface area contributed by atoms with Crippen LogP contribution in [0, 0.1) is 6.92 Å². The zero-order valence-electron chi connectivity index (χ0n) is 8.34. The van der Waals surface area contributed by atoms with Gasteiger partial charge in [0.2, 0.25) is 0 Å². The maximum Gasteiger partial charge on any atom is 0.339 e. The highest BCUT2D eigenvalue weighted by atomic mass is 16.4. The molecule has 0 atom stereocenters. The van der Waals surface area contributed by atoms with E-state index in [4.69, 9.17) is 9.52 Å². The standard InChI is InChI=1S/C10H14O3/c1-6-5-13-8(10(2,3)4)7(6)9(11)12/h5H,1-4H3,(H,11,12). The molecule has 3 heteroatoms. The van der Waals surface area contributed by atoms with E-state index in [1.54, 1.807) is 6.92 Å². The van der Waals surface area contributed by atoms with Crippen molar-refractivity contribution in [2.75, 3.05) is 0 Å². The highest BCUT2D eigenvalue weighted by molar-refractivity contribution is 5.90. The molecule has 0 unspecified atom stereocenters. The molecule has 72 valence electrons. The van der Waals surface area contributed by atoms with Crippen molar-refractivity contribution in [1.29, 1.82) is 0 Å². The summed E-state index contributed by atoms with van der Waals surface area (Å²) >= 11 is 0. The van der Waals surface area contributed by atoms with E-state index in [0.29, 0.717) is 16.9 Å². The van der Waals surface area contributed by atoms with E-state index >= 15 is 0 Å². The topological polar surface area (TPSA) is 50.4 Å². The molecule has 0 fully saturated rings. The van der Waals surface area contributed by atoms with Crippen molar-refractivity contribution in [3.8, 4) is 0 Å². The molecule has 0 saturated heterocycles. The molecule has 0 spiro atoms. The number of furan rings is 1. The first-order valence-electron chi connectivity index (χ1n) is 4.16. The Bertz CT molecular complexity index is 328. The van der Waals surface area contributed by atoms with Gasteiger partial charge < -0.3 is 9.52 Å². The molecule has 1 aromatic heterocycles. The molecular formula is C10H14O3. The second kappa shape index (κ2) is 2.91. The molecule has 0 aliphatic rings. The van der Waals surface area contributed by atoms with Crippen molar-refractivity contribution < 1.29 is 14.3 Å². The maximum absolute atomic E-state index is 10.9. The molecular weight excluding hydrogens is 168 g/mol. The molecule has 0 bridgehead atoms. The van der Waals surface area contributed by atoms with Gasteiger partial charge in [-0.1, -0.05) is 20.8 Å². The first-order chi connectivity index (χ1) is 5.84. The van der Waals surface area contributed by atoms with Crippen LogP contribution in [0.5, 0.6) is 0 Å². The van der Waals surface area contributed by atoms with Crippen molar-refractivity contribution in [3.05, 3.63) is 23.2 Å². The van der Waals surface area contributed by atoms with Gasteiger partial charge in [0.1, 0.15) is 11.3 Å². The molecule has 1 heterocycles. The Balaban J connectivity index is 3.31. The Morgan fingerprint density at radius 3 is 2.31 bits per heavy atom. The van der Waals surface area contributed by atoms with Gasteiger partial charge in [-0.25, -0.2) is 4.79 Å². The largest absolute Gasteiger partial charge is 0.478 e. The van der Waals surface area contributed by atoms with Gasteiger partial charge in [-0.3, -0.25) is 0 Å². The minimum absolute atomic E-state index is 0.262. The summed E-state index contributed by atoms with van der Waals surface area (Å²) < 4.78 is 5.24. The van der Waals surface area contributed by atoms with Gasteiger partial charge in [0, 0.05) is 11.0 Å². The fourth-order valence-electron chi connectivity index (χ4n) is 1.26. The first-order valence-corrected chi connectivity index (χ1v) is 4.16. The van der Waals surface area contributed by atoms with Gasteiger partial charge >= 0.3 is 5.97 Å². The summed E-state index contributed by atoms with van der Waals surface area (Å²) in [6, 6.07) is 0. The third-order valence-electron chi connectivity index (χ3n) is 1.87. The molecule has 0 aliphatic carbocycles. The van der Waals surface area contributed by atoms with Gasteiger partial charge in [0.15, 0.2) is 0 Å². The van der Waals surface area contributed by atoms with Crippen LogP contribution < -0.4 is 0 Å². The maximum atomic E-state index is 10.9. The van der Waals surface area contributed by atoms with Crippen LogP contribution in [0.25, 0.3) is 0 Å². The van der Waals surface area contributed by atoms with E-state index in [1.165, 1.54) is 6.26 Å². The van der Waals surface area contributed by atoms with E-state index in [0.717, 1.165) is 0 Å². The van der Waals surface area contributed by atoms with Crippen LogP contribution >= 0.6 is 0 Å². The lowest BCUT2D eigenvalue weighted by Gasteiger charge is -2.15. The monoisotopic (exact) mass is 182 g/mol. The number of carbonyl (C=O) groups is 1. The lowest BCUT2D eigenvalue weighted by molar-refractivity contribution is 0.0691. The van der Waals surface area contributed by atoms with Crippen LogP contribution in [0.15, 0.2) is 10.7 Å².